The van der Waals surface area contributed by atoms with Crippen LogP contribution in [0.2, 0.25) is 0 Å². The molecule has 4 aromatic rings. The van der Waals surface area contributed by atoms with E-state index in [0.717, 1.165) is 36.1 Å². The Kier molecular flexibility index (Phi) is 5.66. The number of carbonyl (C=O) groups excluding carboxylic acids is 1. The fraction of sp³-hybridized carbons (Fsp3) is 0.400. The molecule has 8 nitrogen and oxygen atoms in total. The third-order valence-electron chi connectivity index (χ3n) is 6.85. The van der Waals surface area contributed by atoms with Crippen molar-refractivity contribution in [2.45, 2.75) is 18.9 Å². The van der Waals surface area contributed by atoms with Gasteiger partial charge >= 0.3 is 0 Å². The van der Waals surface area contributed by atoms with Gasteiger partial charge in [0.05, 0.1) is 28.8 Å². The minimum atomic E-state index is -0.573. The van der Waals surface area contributed by atoms with Crippen LogP contribution in [0.4, 0.5) is 10.2 Å². The second kappa shape index (κ2) is 8.85. The zero-order valence-corrected chi connectivity index (χ0v) is 20.2. The molecule has 2 aliphatic heterocycles. The molecule has 5 heterocycles. The van der Waals surface area contributed by atoms with Gasteiger partial charge < -0.3 is 19.9 Å². The number of fused-ring (bicyclic) bond motifs is 5. The molecule has 35 heavy (non-hydrogen) atoms. The van der Waals surface area contributed by atoms with Crippen LogP contribution in [0.15, 0.2) is 35.1 Å². The first-order chi connectivity index (χ1) is 17.0. The van der Waals surface area contributed by atoms with Gasteiger partial charge in [-0.05, 0) is 44.6 Å². The van der Waals surface area contributed by atoms with E-state index in [-0.39, 0.29) is 22.8 Å². The summed E-state index contributed by atoms with van der Waals surface area (Å²) in [6, 6.07) is 8.90. The first kappa shape index (κ1) is 22.4. The van der Waals surface area contributed by atoms with Gasteiger partial charge in [-0.1, -0.05) is 12.1 Å². The molecule has 2 fully saturated rings. The molecule has 1 unspecified atom stereocenters. The molecule has 0 radical (unpaired) electrons. The van der Waals surface area contributed by atoms with Crippen LogP contribution in [0.3, 0.4) is 0 Å². The molecule has 1 N–H and O–H groups in total. The Hall–Kier alpha value is -3.08. The largest absolute Gasteiger partial charge is 0.378 e. The number of halogens is 1. The predicted molar refractivity (Wildman–Crippen MR) is 135 cm³/mol. The fourth-order valence-electron chi connectivity index (χ4n) is 5.14. The molecule has 3 aromatic heterocycles. The highest BCUT2D eigenvalue weighted by Crippen LogP contribution is 2.32. The number of hydrogen-bond donors (Lipinski definition) is 1. The average Bonchev–Trinajstić information content (AvgIpc) is 3.23. The maximum absolute atomic E-state index is 15.3. The summed E-state index contributed by atoms with van der Waals surface area (Å²) < 4.78 is 23.4. The summed E-state index contributed by atoms with van der Waals surface area (Å²) in [5.74, 6) is -0.790. The molecule has 10 heteroatoms. The van der Waals surface area contributed by atoms with Crippen LogP contribution in [0.5, 0.6) is 0 Å². The van der Waals surface area contributed by atoms with E-state index < -0.39 is 17.2 Å². The van der Waals surface area contributed by atoms with E-state index in [9.17, 15) is 9.59 Å². The van der Waals surface area contributed by atoms with Gasteiger partial charge in [0.15, 0.2) is 17.3 Å². The lowest BCUT2D eigenvalue weighted by Gasteiger charge is -2.30. The first-order valence-electron chi connectivity index (χ1n) is 11.9. The van der Waals surface area contributed by atoms with Crippen molar-refractivity contribution in [2.75, 3.05) is 51.3 Å². The topological polar surface area (TPSA) is 79.2 Å². The summed E-state index contributed by atoms with van der Waals surface area (Å²) in [6.45, 7) is 3.75. The number of anilines is 1. The maximum Gasteiger partial charge on any atom is 0.258 e. The number of pyridine rings is 2. The number of piperidine rings is 1. The van der Waals surface area contributed by atoms with E-state index in [1.54, 1.807) is 0 Å². The maximum atomic E-state index is 15.3. The van der Waals surface area contributed by atoms with Gasteiger partial charge in [-0.2, -0.15) is 0 Å². The number of amides is 1. The molecule has 1 atom stereocenters. The average molecular weight is 496 g/mol. The van der Waals surface area contributed by atoms with Gasteiger partial charge in [0.1, 0.15) is 10.4 Å². The monoisotopic (exact) mass is 495 g/mol. The van der Waals surface area contributed by atoms with Crippen LogP contribution >= 0.6 is 11.3 Å². The SMILES string of the molecule is CN1CCCC(NC(=O)c2c(=O)c3cc(F)c(N4CCOCC4)nc3n3c2sc2ccccc23)C1. The van der Waals surface area contributed by atoms with Crippen molar-refractivity contribution in [1.29, 1.82) is 0 Å². The number of hydrogen-bond acceptors (Lipinski definition) is 7. The first-order valence-corrected chi connectivity index (χ1v) is 12.7. The third kappa shape index (κ3) is 3.85. The minimum absolute atomic E-state index is 0.0377. The molecule has 0 saturated carbocycles. The molecule has 2 aliphatic rings. The summed E-state index contributed by atoms with van der Waals surface area (Å²) in [6.07, 6.45) is 1.84. The summed E-state index contributed by atoms with van der Waals surface area (Å²) in [4.78, 5) is 36.4. The molecule has 6 rings (SSSR count). The van der Waals surface area contributed by atoms with Gasteiger partial charge in [-0.25, -0.2) is 9.37 Å². The number of benzene rings is 1. The Morgan fingerprint density at radius 3 is 2.83 bits per heavy atom. The fourth-order valence-corrected chi connectivity index (χ4v) is 6.32. The molecular weight excluding hydrogens is 469 g/mol. The molecule has 1 amide bonds. The van der Waals surface area contributed by atoms with Crippen LogP contribution in [0.25, 0.3) is 26.1 Å². The van der Waals surface area contributed by atoms with Gasteiger partial charge in [0, 0.05) is 25.7 Å². The van der Waals surface area contributed by atoms with Crippen molar-refractivity contribution < 1.29 is 13.9 Å². The summed E-state index contributed by atoms with van der Waals surface area (Å²) >= 11 is 1.38. The van der Waals surface area contributed by atoms with Crippen LogP contribution < -0.4 is 15.6 Å². The van der Waals surface area contributed by atoms with Crippen molar-refractivity contribution in [1.82, 2.24) is 19.6 Å². The highest BCUT2D eigenvalue weighted by atomic mass is 32.1. The van der Waals surface area contributed by atoms with Crippen molar-refractivity contribution in [3.8, 4) is 0 Å². The molecule has 0 aliphatic carbocycles. The predicted octanol–water partition coefficient (Wildman–Crippen LogP) is 2.86. The molecule has 0 spiro atoms. The summed E-state index contributed by atoms with van der Waals surface area (Å²) in [5.41, 5.74) is 0.746. The highest BCUT2D eigenvalue weighted by molar-refractivity contribution is 7.24. The van der Waals surface area contributed by atoms with E-state index in [4.69, 9.17) is 4.74 Å². The van der Waals surface area contributed by atoms with E-state index in [1.807, 2.05) is 40.6 Å². The summed E-state index contributed by atoms with van der Waals surface area (Å²) in [7, 11) is 2.02. The molecule has 182 valence electrons. The number of carbonyl (C=O) groups is 1. The van der Waals surface area contributed by atoms with Crippen LogP contribution in [0.1, 0.15) is 23.2 Å². The van der Waals surface area contributed by atoms with Crippen LogP contribution in [-0.2, 0) is 4.74 Å². The highest BCUT2D eigenvalue weighted by Gasteiger charge is 2.27. The van der Waals surface area contributed by atoms with Gasteiger partial charge in [0.25, 0.3) is 5.91 Å². The van der Waals surface area contributed by atoms with Crippen molar-refractivity contribution in [2.24, 2.45) is 0 Å². The van der Waals surface area contributed by atoms with Gasteiger partial charge in [-0.15, -0.1) is 11.3 Å². The normalized spacial score (nSPS) is 19.6. The Balaban J connectivity index is 1.57. The van der Waals surface area contributed by atoms with E-state index in [1.165, 1.54) is 17.4 Å². The van der Waals surface area contributed by atoms with Crippen molar-refractivity contribution in [3.05, 3.63) is 51.9 Å². The van der Waals surface area contributed by atoms with Crippen LogP contribution in [-0.4, -0.2) is 72.7 Å². The van der Waals surface area contributed by atoms with Crippen molar-refractivity contribution >= 4 is 49.1 Å². The zero-order chi connectivity index (χ0) is 24.1. The Labute approximate surface area is 204 Å². The van der Waals surface area contributed by atoms with Gasteiger partial charge in [0.2, 0.25) is 5.43 Å². The number of morpholine rings is 1. The Morgan fingerprint density at radius 1 is 1.23 bits per heavy atom. The Bertz CT molecular complexity index is 1510. The standard InChI is InChI=1S/C25H26FN5O3S/c1-29-8-4-5-15(14-29)27-24(33)20-21(32)16-13-17(26)23(30-9-11-34-12-10-30)28-22(16)31-18-6-2-3-7-19(18)35-25(20)31/h2-3,6-7,13,15H,4-5,8-12,14H2,1H3,(H,27,33). The lowest BCUT2D eigenvalue weighted by Crippen LogP contribution is -2.47. The number of likely N-dealkylation sites (N-methyl/N-ethyl adjacent to an activating group) is 1. The molecule has 0 bridgehead atoms. The van der Waals surface area contributed by atoms with E-state index in [2.05, 4.69) is 15.2 Å². The zero-order valence-electron chi connectivity index (χ0n) is 19.4. The third-order valence-corrected chi connectivity index (χ3v) is 7.99. The van der Waals surface area contributed by atoms with Crippen molar-refractivity contribution in [3.63, 3.8) is 0 Å². The lowest BCUT2D eigenvalue weighted by molar-refractivity contribution is 0.0913. The second-order valence-electron chi connectivity index (χ2n) is 9.25. The second-order valence-corrected chi connectivity index (χ2v) is 10.3. The number of ether oxygens (including phenoxy) is 1. The van der Waals surface area contributed by atoms with Gasteiger partial charge in [-0.3, -0.25) is 14.0 Å². The Morgan fingerprint density at radius 2 is 2.03 bits per heavy atom. The number of nitrogens with one attached hydrogen (secondary N) is 1. The minimum Gasteiger partial charge on any atom is -0.378 e. The summed E-state index contributed by atoms with van der Waals surface area (Å²) in [5, 5.41) is 3.16. The molecular formula is C25H26FN5O3S. The number of rotatable bonds is 3. The lowest BCUT2D eigenvalue weighted by atomic mass is 10.1. The smallest absolute Gasteiger partial charge is 0.258 e. The molecule has 1 aromatic carbocycles. The van der Waals surface area contributed by atoms with E-state index >= 15 is 4.39 Å². The number of para-hydroxylation sites is 1. The number of nitrogens with zero attached hydrogens (tertiary/aromatic N) is 4. The van der Waals surface area contributed by atoms with Crippen LogP contribution in [0, 0.1) is 5.82 Å². The number of likely N-dealkylation sites (tertiary alicyclic amines) is 1. The molecule has 2 saturated heterocycles. The quantitative estimate of drug-likeness (QED) is 0.471. The van der Waals surface area contributed by atoms with E-state index in [0.29, 0.717) is 36.8 Å². The number of thiazole rings is 1. The number of aromatic nitrogens is 2.